The van der Waals surface area contributed by atoms with Gasteiger partial charge in [0.05, 0.1) is 0 Å². The molecule has 1 rings (SSSR count). The summed E-state index contributed by atoms with van der Waals surface area (Å²) in [4.78, 5) is 11.7. The van der Waals surface area contributed by atoms with Gasteiger partial charge in [-0.2, -0.15) is 5.10 Å². The van der Waals surface area contributed by atoms with Gasteiger partial charge in [-0.15, -0.1) is 0 Å². The highest BCUT2D eigenvalue weighted by Gasteiger charge is 2.04. The smallest absolute Gasteiger partial charge is 0.267 e. The highest BCUT2D eigenvalue weighted by Crippen LogP contribution is 2.09. The van der Waals surface area contributed by atoms with Crippen molar-refractivity contribution < 1.29 is 4.79 Å². The minimum absolute atomic E-state index is 0.167. The maximum atomic E-state index is 11.7. The van der Waals surface area contributed by atoms with Gasteiger partial charge in [-0.05, 0) is 43.0 Å². The van der Waals surface area contributed by atoms with Crippen molar-refractivity contribution in [1.29, 1.82) is 0 Å². The van der Waals surface area contributed by atoms with Gasteiger partial charge < -0.3 is 0 Å². The standard InChI is InChI=1S/C13H18N2O/c1-9(2)8-14-15-13(16)12-6-5-10(3)11(4)7-12/h5-9H,1-4H3,(H,15,16)/b14-8+. The average Bonchev–Trinajstić information content (AvgIpc) is 2.21. The van der Waals surface area contributed by atoms with Crippen LogP contribution < -0.4 is 5.43 Å². The fourth-order valence-corrected chi connectivity index (χ4v) is 1.19. The van der Waals surface area contributed by atoms with E-state index in [2.05, 4.69) is 10.5 Å². The van der Waals surface area contributed by atoms with Crippen molar-refractivity contribution in [2.24, 2.45) is 11.0 Å². The first kappa shape index (κ1) is 12.4. The lowest BCUT2D eigenvalue weighted by molar-refractivity contribution is 0.0955. The highest BCUT2D eigenvalue weighted by molar-refractivity contribution is 5.94. The molecule has 3 heteroatoms. The summed E-state index contributed by atoms with van der Waals surface area (Å²) in [5, 5.41) is 3.87. The van der Waals surface area contributed by atoms with Crippen molar-refractivity contribution >= 4 is 12.1 Å². The summed E-state index contributed by atoms with van der Waals surface area (Å²) in [5.41, 5.74) is 5.44. The van der Waals surface area contributed by atoms with Crippen molar-refractivity contribution in [2.75, 3.05) is 0 Å². The van der Waals surface area contributed by atoms with Gasteiger partial charge in [0, 0.05) is 11.8 Å². The Morgan fingerprint density at radius 1 is 1.31 bits per heavy atom. The Hall–Kier alpha value is -1.64. The van der Waals surface area contributed by atoms with E-state index in [9.17, 15) is 4.79 Å². The van der Waals surface area contributed by atoms with E-state index in [1.807, 2.05) is 45.9 Å². The molecule has 0 heterocycles. The highest BCUT2D eigenvalue weighted by atomic mass is 16.2. The summed E-state index contributed by atoms with van der Waals surface area (Å²) in [6, 6.07) is 5.62. The van der Waals surface area contributed by atoms with Crippen LogP contribution in [0.4, 0.5) is 0 Å². The number of amides is 1. The van der Waals surface area contributed by atoms with Crippen LogP contribution in [0.25, 0.3) is 0 Å². The first-order valence-corrected chi connectivity index (χ1v) is 5.41. The molecule has 0 aromatic heterocycles. The summed E-state index contributed by atoms with van der Waals surface area (Å²) >= 11 is 0. The molecule has 0 spiro atoms. The summed E-state index contributed by atoms with van der Waals surface area (Å²) in [6.07, 6.45) is 1.71. The zero-order chi connectivity index (χ0) is 12.1. The predicted octanol–water partition coefficient (Wildman–Crippen LogP) is 2.68. The van der Waals surface area contributed by atoms with Gasteiger partial charge in [0.2, 0.25) is 0 Å². The maximum absolute atomic E-state index is 11.7. The Kier molecular flexibility index (Phi) is 4.23. The normalized spacial score (nSPS) is 11.1. The number of carbonyl (C=O) groups excluding carboxylic acids is 1. The molecule has 0 aliphatic rings. The van der Waals surface area contributed by atoms with E-state index in [0.29, 0.717) is 11.5 Å². The number of rotatable bonds is 3. The Morgan fingerprint density at radius 3 is 2.56 bits per heavy atom. The molecular weight excluding hydrogens is 200 g/mol. The molecular formula is C13H18N2O. The number of benzene rings is 1. The van der Waals surface area contributed by atoms with E-state index < -0.39 is 0 Å². The second kappa shape index (κ2) is 5.45. The average molecular weight is 218 g/mol. The Morgan fingerprint density at radius 2 is 2.00 bits per heavy atom. The molecule has 0 atom stereocenters. The van der Waals surface area contributed by atoms with E-state index in [1.54, 1.807) is 6.21 Å². The number of hydrogen-bond acceptors (Lipinski definition) is 2. The largest absolute Gasteiger partial charge is 0.271 e. The number of hydrogen-bond donors (Lipinski definition) is 1. The molecule has 0 fully saturated rings. The molecule has 1 amide bonds. The van der Waals surface area contributed by atoms with Gasteiger partial charge in [-0.3, -0.25) is 4.79 Å². The van der Waals surface area contributed by atoms with E-state index in [1.165, 1.54) is 5.56 Å². The van der Waals surface area contributed by atoms with Crippen molar-refractivity contribution in [2.45, 2.75) is 27.7 Å². The Labute approximate surface area is 96.6 Å². The first-order chi connectivity index (χ1) is 7.50. The molecule has 86 valence electrons. The minimum atomic E-state index is -0.167. The van der Waals surface area contributed by atoms with Crippen LogP contribution in [-0.2, 0) is 0 Å². The zero-order valence-corrected chi connectivity index (χ0v) is 10.2. The Bertz CT molecular complexity index is 408. The number of nitrogens with zero attached hydrogens (tertiary/aromatic N) is 1. The van der Waals surface area contributed by atoms with E-state index >= 15 is 0 Å². The van der Waals surface area contributed by atoms with Crippen molar-refractivity contribution in [3.63, 3.8) is 0 Å². The van der Waals surface area contributed by atoms with Crippen molar-refractivity contribution in [3.05, 3.63) is 34.9 Å². The monoisotopic (exact) mass is 218 g/mol. The number of aryl methyl sites for hydroxylation is 2. The van der Waals surface area contributed by atoms with E-state index in [-0.39, 0.29) is 5.91 Å². The Balaban J connectivity index is 2.70. The lowest BCUT2D eigenvalue weighted by Gasteiger charge is -2.03. The number of carbonyl (C=O) groups is 1. The van der Waals surface area contributed by atoms with Crippen LogP contribution in [0.5, 0.6) is 0 Å². The third-order valence-corrected chi connectivity index (χ3v) is 2.31. The third-order valence-electron chi connectivity index (χ3n) is 2.31. The lowest BCUT2D eigenvalue weighted by Crippen LogP contribution is -2.18. The maximum Gasteiger partial charge on any atom is 0.271 e. The first-order valence-electron chi connectivity index (χ1n) is 5.41. The predicted molar refractivity (Wildman–Crippen MR) is 66.7 cm³/mol. The molecule has 0 bridgehead atoms. The van der Waals surface area contributed by atoms with Gasteiger partial charge in [0.1, 0.15) is 0 Å². The second-order valence-electron chi connectivity index (χ2n) is 4.26. The van der Waals surface area contributed by atoms with Crippen LogP contribution in [0.1, 0.15) is 35.3 Å². The topological polar surface area (TPSA) is 41.5 Å². The number of hydrazone groups is 1. The van der Waals surface area contributed by atoms with Gasteiger partial charge in [-0.25, -0.2) is 5.43 Å². The molecule has 1 aromatic carbocycles. The van der Waals surface area contributed by atoms with Crippen LogP contribution in [0.15, 0.2) is 23.3 Å². The molecule has 1 aromatic rings. The molecule has 0 aliphatic heterocycles. The van der Waals surface area contributed by atoms with Crippen LogP contribution >= 0.6 is 0 Å². The van der Waals surface area contributed by atoms with Crippen LogP contribution in [0, 0.1) is 19.8 Å². The summed E-state index contributed by atoms with van der Waals surface area (Å²) in [5.74, 6) is 0.167. The molecule has 0 saturated carbocycles. The van der Waals surface area contributed by atoms with Gasteiger partial charge >= 0.3 is 0 Å². The van der Waals surface area contributed by atoms with Crippen molar-refractivity contribution in [3.8, 4) is 0 Å². The molecule has 0 saturated heterocycles. The fourth-order valence-electron chi connectivity index (χ4n) is 1.19. The molecule has 3 nitrogen and oxygen atoms in total. The SMILES string of the molecule is Cc1ccc(C(=O)N/N=C/C(C)C)cc1C. The zero-order valence-electron chi connectivity index (χ0n) is 10.2. The molecule has 1 N–H and O–H groups in total. The van der Waals surface area contributed by atoms with Crippen molar-refractivity contribution in [1.82, 2.24) is 5.43 Å². The van der Waals surface area contributed by atoms with Gasteiger partial charge in [0.15, 0.2) is 0 Å². The third kappa shape index (κ3) is 3.50. The van der Waals surface area contributed by atoms with Crippen LogP contribution in [0.3, 0.4) is 0 Å². The summed E-state index contributed by atoms with van der Waals surface area (Å²) in [7, 11) is 0. The minimum Gasteiger partial charge on any atom is -0.267 e. The summed E-state index contributed by atoms with van der Waals surface area (Å²) < 4.78 is 0. The fraction of sp³-hybridized carbons (Fsp3) is 0.385. The molecule has 16 heavy (non-hydrogen) atoms. The van der Waals surface area contributed by atoms with E-state index in [4.69, 9.17) is 0 Å². The quantitative estimate of drug-likeness (QED) is 0.615. The molecule has 0 aliphatic carbocycles. The molecule has 0 unspecified atom stereocenters. The van der Waals surface area contributed by atoms with Gasteiger partial charge in [0.25, 0.3) is 5.91 Å². The molecule has 0 radical (unpaired) electrons. The van der Waals surface area contributed by atoms with Crippen LogP contribution in [0.2, 0.25) is 0 Å². The number of nitrogens with one attached hydrogen (secondary N) is 1. The second-order valence-corrected chi connectivity index (χ2v) is 4.26. The van der Waals surface area contributed by atoms with Gasteiger partial charge in [-0.1, -0.05) is 19.9 Å². The lowest BCUT2D eigenvalue weighted by atomic mass is 10.1. The summed E-state index contributed by atoms with van der Waals surface area (Å²) in [6.45, 7) is 8.02. The van der Waals surface area contributed by atoms with E-state index in [0.717, 1.165) is 5.56 Å². The van der Waals surface area contributed by atoms with Crippen LogP contribution in [-0.4, -0.2) is 12.1 Å².